The topological polar surface area (TPSA) is 160 Å². The van der Waals surface area contributed by atoms with Crippen LogP contribution in [0.4, 0.5) is 10.5 Å². The molecule has 0 aliphatic carbocycles. The monoisotopic (exact) mass is 617 g/mol. The standard InChI is InChI=1S/C33H35N3O9/c1-33(2,3)45-32(42)35-12-6-7-21-27(25(38)14-19-8-9-20(43-4)15-26(19)44-5)28(31(40)41)30(39)36(17-37)29(21)22-13-18-10-11-34-23(18)16-24(22)35/h8-11,13,15-16,34,37H,6-7,12,14,17H2,1-5H3,(H,40,41). The van der Waals surface area contributed by atoms with Gasteiger partial charge in [-0.1, -0.05) is 6.07 Å². The van der Waals surface area contributed by atoms with Gasteiger partial charge < -0.3 is 29.4 Å². The van der Waals surface area contributed by atoms with Crippen molar-refractivity contribution in [2.75, 3.05) is 25.7 Å². The van der Waals surface area contributed by atoms with Crippen LogP contribution in [0.25, 0.3) is 22.2 Å². The highest BCUT2D eigenvalue weighted by Crippen LogP contribution is 2.41. The summed E-state index contributed by atoms with van der Waals surface area (Å²) in [5, 5.41) is 21.5. The second kappa shape index (κ2) is 12.1. The molecule has 12 heteroatoms. The first-order valence-corrected chi connectivity index (χ1v) is 14.4. The molecule has 0 saturated carbocycles. The fourth-order valence-corrected chi connectivity index (χ4v) is 5.77. The van der Waals surface area contributed by atoms with E-state index in [0.717, 1.165) is 9.95 Å². The van der Waals surface area contributed by atoms with Gasteiger partial charge >= 0.3 is 12.1 Å². The van der Waals surface area contributed by atoms with Crippen LogP contribution in [-0.2, 0) is 24.3 Å². The molecule has 0 fully saturated rings. The average molecular weight is 618 g/mol. The van der Waals surface area contributed by atoms with Crippen molar-refractivity contribution >= 4 is 34.4 Å². The van der Waals surface area contributed by atoms with Gasteiger partial charge in [-0.05, 0) is 63.4 Å². The number of aliphatic hydroxyl groups is 1. The normalized spacial score (nSPS) is 13.0. The minimum Gasteiger partial charge on any atom is -0.497 e. The van der Waals surface area contributed by atoms with E-state index in [2.05, 4.69) is 4.98 Å². The van der Waals surface area contributed by atoms with Crippen molar-refractivity contribution in [1.29, 1.82) is 0 Å². The Bertz CT molecular complexity index is 1880. The maximum atomic E-state index is 14.1. The molecule has 3 heterocycles. The Balaban J connectivity index is 1.80. The van der Waals surface area contributed by atoms with Crippen molar-refractivity contribution in [3.05, 3.63) is 75.2 Å². The summed E-state index contributed by atoms with van der Waals surface area (Å²) in [6.45, 7) is 4.58. The van der Waals surface area contributed by atoms with Gasteiger partial charge in [-0.25, -0.2) is 9.59 Å². The highest BCUT2D eigenvalue weighted by atomic mass is 16.6. The van der Waals surface area contributed by atoms with Gasteiger partial charge in [0, 0.05) is 52.8 Å². The van der Waals surface area contributed by atoms with Crippen molar-refractivity contribution in [2.24, 2.45) is 0 Å². The molecule has 0 radical (unpaired) electrons. The number of ketones is 1. The molecule has 5 rings (SSSR count). The Morgan fingerprint density at radius 2 is 1.78 bits per heavy atom. The van der Waals surface area contributed by atoms with E-state index in [4.69, 9.17) is 14.2 Å². The number of ether oxygens (including phenoxy) is 3. The number of carbonyl (C=O) groups is 3. The molecule has 0 bridgehead atoms. The van der Waals surface area contributed by atoms with Crippen LogP contribution in [0.5, 0.6) is 11.5 Å². The number of carboxylic acids is 1. The lowest BCUT2D eigenvalue weighted by molar-refractivity contribution is 0.0579. The Kier molecular flexibility index (Phi) is 8.44. The maximum Gasteiger partial charge on any atom is 0.414 e. The third-order valence-electron chi connectivity index (χ3n) is 7.68. The lowest BCUT2D eigenvalue weighted by atomic mass is 9.87. The number of aromatic amines is 1. The van der Waals surface area contributed by atoms with Crippen LogP contribution < -0.4 is 19.9 Å². The quantitative estimate of drug-likeness (QED) is 0.248. The van der Waals surface area contributed by atoms with Crippen molar-refractivity contribution in [3.8, 4) is 22.8 Å². The molecule has 12 nitrogen and oxygen atoms in total. The zero-order valence-electron chi connectivity index (χ0n) is 25.7. The zero-order chi connectivity index (χ0) is 32.6. The molecular formula is C33H35N3O9. The fraction of sp³-hybridized carbons (Fsp3) is 0.333. The summed E-state index contributed by atoms with van der Waals surface area (Å²) in [6, 6.07) is 10.2. The lowest BCUT2D eigenvalue weighted by Gasteiger charge is -2.32. The summed E-state index contributed by atoms with van der Waals surface area (Å²) in [4.78, 5) is 58.7. The number of pyridine rings is 1. The molecule has 1 aliphatic heterocycles. The van der Waals surface area contributed by atoms with E-state index in [1.165, 1.54) is 19.1 Å². The van der Waals surface area contributed by atoms with Gasteiger partial charge in [0.25, 0.3) is 5.56 Å². The van der Waals surface area contributed by atoms with Crippen LogP contribution in [0.3, 0.4) is 0 Å². The molecule has 4 aromatic rings. The number of benzene rings is 2. The molecule has 45 heavy (non-hydrogen) atoms. The first-order chi connectivity index (χ1) is 21.4. The summed E-state index contributed by atoms with van der Waals surface area (Å²) < 4.78 is 17.4. The van der Waals surface area contributed by atoms with E-state index >= 15 is 0 Å². The Labute approximate surface area is 258 Å². The third-order valence-corrected chi connectivity index (χ3v) is 7.68. The maximum absolute atomic E-state index is 14.1. The number of amides is 1. The van der Waals surface area contributed by atoms with Crippen LogP contribution in [0.2, 0.25) is 0 Å². The fourth-order valence-electron chi connectivity index (χ4n) is 5.77. The first kappa shape index (κ1) is 31.3. The summed E-state index contributed by atoms with van der Waals surface area (Å²) in [6.07, 6.45) is 1.27. The predicted octanol–water partition coefficient (Wildman–Crippen LogP) is 4.77. The summed E-state index contributed by atoms with van der Waals surface area (Å²) in [5.41, 5.74) is -0.448. The number of nitrogens with zero attached hydrogens (tertiary/aromatic N) is 2. The molecule has 0 unspecified atom stereocenters. The summed E-state index contributed by atoms with van der Waals surface area (Å²) in [5.74, 6) is -1.33. The third kappa shape index (κ3) is 5.88. The number of fused-ring (bicyclic) bond motifs is 4. The van der Waals surface area contributed by atoms with Gasteiger partial charge in [0.1, 0.15) is 29.4 Å². The van der Waals surface area contributed by atoms with Crippen LogP contribution in [0.15, 0.2) is 47.4 Å². The number of nitrogens with one attached hydrogen (secondary N) is 1. The van der Waals surface area contributed by atoms with Crippen molar-refractivity contribution in [2.45, 2.75) is 52.4 Å². The average Bonchev–Trinajstić information content (AvgIpc) is 3.44. The van der Waals surface area contributed by atoms with E-state index < -0.39 is 41.3 Å². The molecule has 1 amide bonds. The number of rotatable bonds is 7. The zero-order valence-corrected chi connectivity index (χ0v) is 25.7. The summed E-state index contributed by atoms with van der Waals surface area (Å²) >= 11 is 0. The van der Waals surface area contributed by atoms with Crippen LogP contribution in [0, 0.1) is 0 Å². The van der Waals surface area contributed by atoms with Crippen molar-refractivity contribution in [3.63, 3.8) is 0 Å². The first-order valence-electron chi connectivity index (χ1n) is 14.4. The van der Waals surface area contributed by atoms with Crippen molar-refractivity contribution < 1.29 is 38.8 Å². The smallest absolute Gasteiger partial charge is 0.414 e. The molecule has 0 atom stereocenters. The van der Waals surface area contributed by atoms with Crippen LogP contribution in [-0.4, -0.2) is 64.0 Å². The number of aliphatic hydroxyl groups excluding tert-OH is 1. The number of aromatic carboxylic acids is 1. The number of anilines is 1. The number of Topliss-reactive ketones (excluding diaryl/α,β-unsaturated/α-hetero) is 1. The number of aromatic nitrogens is 2. The Morgan fingerprint density at radius 3 is 2.42 bits per heavy atom. The second-order valence-corrected chi connectivity index (χ2v) is 11.7. The minimum absolute atomic E-state index is 0.126. The number of carboxylic acid groups (broad SMARTS) is 1. The molecule has 0 saturated heterocycles. The van der Waals surface area contributed by atoms with E-state index in [0.29, 0.717) is 45.8 Å². The molecular weight excluding hydrogens is 582 g/mol. The second-order valence-electron chi connectivity index (χ2n) is 11.7. The van der Waals surface area contributed by atoms with Crippen molar-refractivity contribution in [1.82, 2.24) is 9.55 Å². The highest BCUT2D eigenvalue weighted by molar-refractivity contribution is 6.10. The van der Waals surface area contributed by atoms with E-state index in [1.54, 1.807) is 63.4 Å². The number of hydrogen-bond acceptors (Lipinski definition) is 8. The van der Waals surface area contributed by atoms with Gasteiger partial charge in [0.15, 0.2) is 5.78 Å². The minimum atomic E-state index is -1.59. The molecule has 0 spiro atoms. The Morgan fingerprint density at radius 1 is 1.02 bits per heavy atom. The molecule has 2 aromatic heterocycles. The number of hydrogen-bond donors (Lipinski definition) is 3. The van der Waals surface area contributed by atoms with Gasteiger partial charge in [0.2, 0.25) is 0 Å². The van der Waals surface area contributed by atoms with Gasteiger partial charge in [-0.3, -0.25) is 19.1 Å². The van der Waals surface area contributed by atoms with E-state index in [9.17, 15) is 29.4 Å². The van der Waals surface area contributed by atoms with Gasteiger partial charge in [0.05, 0.1) is 25.6 Å². The van der Waals surface area contributed by atoms with Gasteiger partial charge in [-0.2, -0.15) is 0 Å². The number of methoxy groups -OCH3 is 2. The molecule has 236 valence electrons. The highest BCUT2D eigenvalue weighted by Gasteiger charge is 2.35. The van der Waals surface area contributed by atoms with Gasteiger partial charge in [-0.15, -0.1) is 0 Å². The summed E-state index contributed by atoms with van der Waals surface area (Å²) in [7, 11) is 2.94. The molecule has 2 aromatic carbocycles. The lowest BCUT2D eigenvalue weighted by Crippen LogP contribution is -2.39. The molecule has 3 N–H and O–H groups in total. The Hall–Kier alpha value is -5.10. The SMILES string of the molecule is COc1ccc(CC(=O)c2c3c(n(CO)c(=O)c2C(=O)O)-c2cc4cc[nH]c4cc2N(C(=O)OC(C)(C)C)CCC3)c(OC)c1. The van der Waals surface area contributed by atoms with Crippen LogP contribution >= 0.6 is 0 Å². The molecule has 1 aliphatic rings. The number of carbonyl (C=O) groups excluding carboxylic acids is 2. The van der Waals surface area contributed by atoms with E-state index in [-0.39, 0.29) is 30.6 Å². The van der Waals surface area contributed by atoms with E-state index in [1.807, 2.05) is 0 Å². The largest absolute Gasteiger partial charge is 0.497 e. The predicted molar refractivity (Wildman–Crippen MR) is 167 cm³/mol. The number of H-pyrrole nitrogens is 1. The van der Waals surface area contributed by atoms with Crippen LogP contribution in [0.1, 0.15) is 59.0 Å².